The molecule has 0 aromatic carbocycles. The van der Waals surface area contributed by atoms with Crippen LogP contribution in [0.15, 0.2) is 16.7 Å². The quantitative estimate of drug-likeness (QED) is 0.574. The smallest absolute Gasteiger partial charge is 0.257 e. The molecule has 1 aliphatic rings. The normalized spacial score (nSPS) is 14.9. The van der Waals surface area contributed by atoms with Crippen LogP contribution in [0.4, 0.5) is 0 Å². The third kappa shape index (κ3) is 7.32. The lowest BCUT2D eigenvalue weighted by Gasteiger charge is -2.26. The van der Waals surface area contributed by atoms with E-state index < -0.39 is 0 Å². The van der Waals surface area contributed by atoms with Crippen molar-refractivity contribution in [2.24, 2.45) is 0 Å². The number of carbonyl (C=O) groups excluding carboxylic acids is 2. The SMILES string of the molecule is COCCN(CCC(=O)NCCCN1CCOCC1)C(=O)c1ccoc1C. The zero-order valence-electron chi connectivity index (χ0n) is 16.4. The van der Waals surface area contributed by atoms with Gasteiger partial charge in [-0.1, -0.05) is 0 Å². The molecular formula is C19H31N3O5. The minimum atomic E-state index is -0.140. The molecular weight excluding hydrogens is 350 g/mol. The van der Waals surface area contributed by atoms with E-state index in [4.69, 9.17) is 13.9 Å². The Bertz CT molecular complexity index is 584. The monoisotopic (exact) mass is 381 g/mol. The Kier molecular flexibility index (Phi) is 9.30. The van der Waals surface area contributed by atoms with Crippen LogP contribution in [0.2, 0.25) is 0 Å². The lowest BCUT2D eigenvalue weighted by molar-refractivity contribution is -0.121. The summed E-state index contributed by atoms with van der Waals surface area (Å²) < 4.78 is 15.6. The first kappa shape index (κ1) is 21.4. The van der Waals surface area contributed by atoms with E-state index in [1.807, 2.05) is 0 Å². The Labute approximate surface area is 160 Å². The molecule has 1 fully saturated rings. The number of furan rings is 1. The van der Waals surface area contributed by atoms with Gasteiger partial charge in [0.25, 0.3) is 5.91 Å². The van der Waals surface area contributed by atoms with Crippen LogP contribution in [0.3, 0.4) is 0 Å². The summed E-state index contributed by atoms with van der Waals surface area (Å²) in [5, 5.41) is 2.93. The maximum Gasteiger partial charge on any atom is 0.257 e. The van der Waals surface area contributed by atoms with Crippen LogP contribution in [-0.2, 0) is 14.3 Å². The van der Waals surface area contributed by atoms with Crippen molar-refractivity contribution >= 4 is 11.8 Å². The highest BCUT2D eigenvalue weighted by molar-refractivity contribution is 5.95. The Morgan fingerprint density at radius 2 is 2.07 bits per heavy atom. The number of amides is 2. The maximum atomic E-state index is 12.6. The summed E-state index contributed by atoms with van der Waals surface area (Å²) in [6, 6.07) is 1.66. The molecule has 2 rings (SSSR count). The summed E-state index contributed by atoms with van der Waals surface area (Å²) in [6.07, 6.45) is 2.68. The van der Waals surface area contributed by atoms with Crippen molar-refractivity contribution in [3.63, 3.8) is 0 Å². The predicted molar refractivity (Wildman–Crippen MR) is 101 cm³/mol. The maximum absolute atomic E-state index is 12.6. The fourth-order valence-electron chi connectivity index (χ4n) is 2.97. The van der Waals surface area contributed by atoms with E-state index in [-0.39, 0.29) is 18.2 Å². The molecule has 1 N–H and O–H groups in total. The van der Waals surface area contributed by atoms with E-state index in [1.54, 1.807) is 25.0 Å². The lowest BCUT2D eigenvalue weighted by atomic mass is 10.2. The molecule has 152 valence electrons. The van der Waals surface area contributed by atoms with Crippen molar-refractivity contribution in [3.05, 3.63) is 23.7 Å². The molecule has 2 amide bonds. The number of nitrogens with zero attached hydrogens (tertiary/aromatic N) is 2. The Morgan fingerprint density at radius 3 is 2.74 bits per heavy atom. The predicted octanol–water partition coefficient (Wildman–Crippen LogP) is 0.905. The van der Waals surface area contributed by atoms with Crippen molar-refractivity contribution in [3.8, 4) is 0 Å². The van der Waals surface area contributed by atoms with Crippen molar-refractivity contribution in [1.82, 2.24) is 15.1 Å². The van der Waals surface area contributed by atoms with Gasteiger partial charge in [0.05, 0.1) is 31.6 Å². The van der Waals surface area contributed by atoms with Gasteiger partial charge < -0.3 is 24.1 Å². The second-order valence-corrected chi connectivity index (χ2v) is 6.58. The second-order valence-electron chi connectivity index (χ2n) is 6.58. The zero-order chi connectivity index (χ0) is 19.5. The molecule has 27 heavy (non-hydrogen) atoms. The summed E-state index contributed by atoms with van der Waals surface area (Å²) in [5.41, 5.74) is 0.525. The van der Waals surface area contributed by atoms with E-state index in [0.29, 0.717) is 37.6 Å². The van der Waals surface area contributed by atoms with Crippen LogP contribution in [0.25, 0.3) is 0 Å². The van der Waals surface area contributed by atoms with Gasteiger partial charge in [0.2, 0.25) is 5.91 Å². The highest BCUT2D eigenvalue weighted by Crippen LogP contribution is 2.12. The van der Waals surface area contributed by atoms with Gasteiger partial charge in [-0.2, -0.15) is 0 Å². The number of morpholine rings is 1. The van der Waals surface area contributed by atoms with Gasteiger partial charge in [-0.3, -0.25) is 14.5 Å². The standard InChI is InChI=1S/C19H31N3O5/c1-16-17(5-12-27-16)19(24)22(11-13-25-2)8-4-18(23)20-6-3-7-21-9-14-26-15-10-21/h5,12H,3-4,6-11,13-15H2,1-2H3,(H,20,23). The van der Waals surface area contributed by atoms with E-state index >= 15 is 0 Å². The first-order chi connectivity index (χ1) is 13.1. The molecule has 0 spiro atoms. The van der Waals surface area contributed by atoms with Crippen LogP contribution < -0.4 is 5.32 Å². The molecule has 0 bridgehead atoms. The molecule has 2 heterocycles. The summed E-state index contributed by atoms with van der Waals surface area (Å²) in [7, 11) is 1.59. The number of rotatable bonds is 11. The van der Waals surface area contributed by atoms with Gasteiger partial charge in [0.1, 0.15) is 5.76 Å². The number of aryl methyl sites for hydroxylation is 1. The molecule has 1 saturated heterocycles. The zero-order valence-corrected chi connectivity index (χ0v) is 16.4. The molecule has 0 aliphatic carbocycles. The van der Waals surface area contributed by atoms with Gasteiger partial charge in [0, 0.05) is 46.3 Å². The van der Waals surface area contributed by atoms with Crippen molar-refractivity contribution < 1.29 is 23.5 Å². The highest BCUT2D eigenvalue weighted by atomic mass is 16.5. The second kappa shape index (κ2) is 11.7. The number of ether oxygens (including phenoxy) is 2. The van der Waals surface area contributed by atoms with Crippen molar-refractivity contribution in [2.45, 2.75) is 19.8 Å². The number of hydrogen-bond acceptors (Lipinski definition) is 6. The molecule has 1 aliphatic heterocycles. The van der Waals surface area contributed by atoms with Crippen LogP contribution in [-0.4, -0.2) is 87.8 Å². The molecule has 8 nitrogen and oxygen atoms in total. The molecule has 0 saturated carbocycles. The Hall–Kier alpha value is -1.90. The first-order valence-electron chi connectivity index (χ1n) is 9.51. The van der Waals surface area contributed by atoms with Crippen LogP contribution in [0.1, 0.15) is 29.0 Å². The number of carbonyl (C=O) groups is 2. The molecule has 0 radical (unpaired) electrons. The fraction of sp³-hybridized carbons (Fsp3) is 0.684. The van der Waals surface area contributed by atoms with Gasteiger partial charge >= 0.3 is 0 Å². The van der Waals surface area contributed by atoms with Crippen LogP contribution in [0, 0.1) is 6.92 Å². The summed E-state index contributed by atoms with van der Waals surface area (Å²) >= 11 is 0. The minimum Gasteiger partial charge on any atom is -0.469 e. The molecule has 8 heteroatoms. The molecule has 1 aromatic rings. The van der Waals surface area contributed by atoms with Gasteiger partial charge in [-0.05, 0) is 26.0 Å². The minimum absolute atomic E-state index is 0.0453. The Balaban J connectivity index is 1.70. The topological polar surface area (TPSA) is 84.3 Å². The first-order valence-corrected chi connectivity index (χ1v) is 9.51. The third-order valence-corrected chi connectivity index (χ3v) is 4.63. The van der Waals surface area contributed by atoms with Gasteiger partial charge in [0.15, 0.2) is 0 Å². The van der Waals surface area contributed by atoms with E-state index in [2.05, 4.69) is 10.2 Å². The summed E-state index contributed by atoms with van der Waals surface area (Å²) in [6.45, 7) is 8.04. The molecule has 0 atom stereocenters. The molecule has 1 aromatic heterocycles. The van der Waals surface area contributed by atoms with Crippen molar-refractivity contribution in [2.75, 3.05) is 66.2 Å². The number of hydrogen-bond donors (Lipinski definition) is 1. The third-order valence-electron chi connectivity index (χ3n) is 4.63. The number of methoxy groups -OCH3 is 1. The summed E-state index contributed by atoms with van der Waals surface area (Å²) in [5.74, 6) is 0.393. The van der Waals surface area contributed by atoms with E-state index in [1.165, 1.54) is 6.26 Å². The van der Waals surface area contributed by atoms with Gasteiger partial charge in [-0.25, -0.2) is 0 Å². The van der Waals surface area contributed by atoms with Gasteiger partial charge in [-0.15, -0.1) is 0 Å². The average Bonchev–Trinajstić information content (AvgIpc) is 3.11. The summed E-state index contributed by atoms with van der Waals surface area (Å²) in [4.78, 5) is 28.7. The van der Waals surface area contributed by atoms with Crippen molar-refractivity contribution in [1.29, 1.82) is 0 Å². The van der Waals surface area contributed by atoms with E-state index in [0.717, 1.165) is 39.3 Å². The molecule has 0 unspecified atom stereocenters. The van der Waals surface area contributed by atoms with Crippen LogP contribution >= 0.6 is 0 Å². The Morgan fingerprint density at radius 1 is 1.30 bits per heavy atom. The highest BCUT2D eigenvalue weighted by Gasteiger charge is 2.20. The average molecular weight is 381 g/mol. The lowest BCUT2D eigenvalue weighted by Crippen LogP contribution is -2.39. The van der Waals surface area contributed by atoms with E-state index in [9.17, 15) is 9.59 Å². The van der Waals surface area contributed by atoms with Crippen LogP contribution in [0.5, 0.6) is 0 Å². The largest absolute Gasteiger partial charge is 0.469 e. The number of nitrogens with one attached hydrogen (secondary N) is 1. The fourth-order valence-corrected chi connectivity index (χ4v) is 2.97.